The van der Waals surface area contributed by atoms with Crippen LogP contribution in [0.25, 0.3) is 0 Å². The normalized spacial score (nSPS) is 33.8. The van der Waals surface area contributed by atoms with E-state index in [4.69, 9.17) is 14.2 Å². The van der Waals surface area contributed by atoms with Crippen LogP contribution in [-0.2, 0) is 14.2 Å². The summed E-state index contributed by atoms with van der Waals surface area (Å²) in [5, 5.41) is 0. The van der Waals surface area contributed by atoms with Gasteiger partial charge in [-0.15, -0.1) is 0 Å². The minimum absolute atomic E-state index is 0.507. The van der Waals surface area contributed by atoms with Crippen LogP contribution < -0.4 is 0 Å². The third kappa shape index (κ3) is 3.18. The smallest absolute Gasteiger partial charge is 0.0831 e. The first-order valence-corrected chi connectivity index (χ1v) is 4.26. The van der Waals surface area contributed by atoms with Crippen molar-refractivity contribution in [3.8, 4) is 0 Å². The fourth-order valence-electron chi connectivity index (χ4n) is 1.00. The lowest BCUT2D eigenvalue weighted by Crippen LogP contribution is -2.02. The molecule has 0 aromatic heterocycles. The van der Waals surface area contributed by atoms with E-state index in [1.165, 1.54) is 0 Å². The molecular weight excluding hydrogens is 144 g/mol. The molecule has 64 valence electrons. The highest BCUT2D eigenvalue weighted by Gasteiger charge is 2.23. The van der Waals surface area contributed by atoms with Crippen LogP contribution in [0.4, 0.5) is 0 Å². The summed E-state index contributed by atoms with van der Waals surface area (Å²) in [5.41, 5.74) is 0. The highest BCUT2D eigenvalue weighted by molar-refractivity contribution is 4.69. The van der Waals surface area contributed by atoms with Crippen molar-refractivity contribution < 1.29 is 14.2 Å². The molecule has 0 aromatic rings. The van der Waals surface area contributed by atoms with Gasteiger partial charge in [0.2, 0.25) is 0 Å². The summed E-state index contributed by atoms with van der Waals surface area (Å²) in [4.78, 5) is 0. The Morgan fingerprint density at radius 2 is 1.45 bits per heavy atom. The van der Waals surface area contributed by atoms with Gasteiger partial charge in [-0.05, 0) is 12.8 Å². The molecule has 0 amide bonds. The molecule has 2 aliphatic rings. The predicted octanol–water partition coefficient (Wildman–Crippen LogP) is 0.581. The molecule has 0 aromatic carbocycles. The lowest BCUT2D eigenvalue weighted by molar-refractivity contribution is 0.118. The fraction of sp³-hybridized carbons (Fsp3) is 1.00. The second-order valence-corrected chi connectivity index (χ2v) is 3.10. The van der Waals surface area contributed by atoms with E-state index in [2.05, 4.69) is 0 Å². The molecule has 3 heteroatoms. The molecule has 3 nitrogen and oxygen atoms in total. The Labute approximate surface area is 66.6 Å². The van der Waals surface area contributed by atoms with Gasteiger partial charge in [-0.1, -0.05) is 0 Å². The molecule has 2 fully saturated rings. The number of rotatable bonds is 6. The molecular formula is C8H14O3. The average molecular weight is 158 g/mol. The van der Waals surface area contributed by atoms with Crippen LogP contribution in [0.2, 0.25) is 0 Å². The molecule has 0 saturated carbocycles. The van der Waals surface area contributed by atoms with Gasteiger partial charge in [-0.25, -0.2) is 0 Å². The molecule has 0 aliphatic carbocycles. The molecule has 0 N–H and O–H groups in total. The first kappa shape index (κ1) is 7.53. The van der Waals surface area contributed by atoms with E-state index in [0.29, 0.717) is 12.2 Å². The molecule has 2 saturated heterocycles. The maximum atomic E-state index is 5.38. The van der Waals surface area contributed by atoms with E-state index >= 15 is 0 Å². The lowest BCUT2D eigenvalue weighted by atomic mass is 10.3. The quantitative estimate of drug-likeness (QED) is 0.419. The zero-order valence-electron chi connectivity index (χ0n) is 6.62. The first-order valence-electron chi connectivity index (χ1n) is 4.26. The molecule has 2 atom stereocenters. The summed E-state index contributed by atoms with van der Waals surface area (Å²) in [6, 6.07) is 0. The standard InChI is InChI=1S/C8H14O3/c1(7-5-10-7)3-9-4-2-8-6-11-8/h7-8H,1-6H2. The Morgan fingerprint density at radius 1 is 1.00 bits per heavy atom. The minimum Gasteiger partial charge on any atom is -0.381 e. The monoisotopic (exact) mass is 158 g/mol. The van der Waals surface area contributed by atoms with Crippen molar-refractivity contribution in [1.29, 1.82) is 0 Å². The van der Waals surface area contributed by atoms with E-state index in [1.807, 2.05) is 0 Å². The number of hydrogen-bond acceptors (Lipinski definition) is 3. The Morgan fingerprint density at radius 3 is 1.82 bits per heavy atom. The molecule has 0 radical (unpaired) electrons. The van der Waals surface area contributed by atoms with Gasteiger partial charge in [0.15, 0.2) is 0 Å². The zero-order chi connectivity index (χ0) is 7.52. The van der Waals surface area contributed by atoms with Crippen molar-refractivity contribution in [3.63, 3.8) is 0 Å². The summed E-state index contributed by atoms with van der Waals surface area (Å²) in [6.07, 6.45) is 3.14. The second-order valence-electron chi connectivity index (χ2n) is 3.10. The summed E-state index contributed by atoms with van der Waals surface area (Å²) in [5.74, 6) is 0. The van der Waals surface area contributed by atoms with Crippen molar-refractivity contribution in [2.45, 2.75) is 25.0 Å². The summed E-state index contributed by atoms with van der Waals surface area (Å²) >= 11 is 0. The van der Waals surface area contributed by atoms with Crippen LogP contribution in [0, 0.1) is 0 Å². The number of ether oxygens (including phenoxy) is 3. The molecule has 0 spiro atoms. The third-order valence-corrected chi connectivity index (χ3v) is 1.97. The maximum Gasteiger partial charge on any atom is 0.0831 e. The van der Waals surface area contributed by atoms with Gasteiger partial charge in [0.05, 0.1) is 25.4 Å². The second kappa shape index (κ2) is 3.52. The molecule has 2 rings (SSSR count). The van der Waals surface area contributed by atoms with E-state index in [1.54, 1.807) is 0 Å². The van der Waals surface area contributed by atoms with Gasteiger partial charge in [-0.3, -0.25) is 0 Å². The van der Waals surface area contributed by atoms with Crippen molar-refractivity contribution in [2.24, 2.45) is 0 Å². The molecule has 2 heterocycles. The molecule has 2 aliphatic heterocycles. The van der Waals surface area contributed by atoms with Gasteiger partial charge in [-0.2, -0.15) is 0 Å². The van der Waals surface area contributed by atoms with Gasteiger partial charge in [0.25, 0.3) is 0 Å². The lowest BCUT2D eigenvalue weighted by Gasteiger charge is -1.99. The number of epoxide rings is 2. The van der Waals surface area contributed by atoms with E-state index < -0.39 is 0 Å². The van der Waals surface area contributed by atoms with Crippen LogP contribution in [-0.4, -0.2) is 38.6 Å². The topological polar surface area (TPSA) is 34.3 Å². The predicted molar refractivity (Wildman–Crippen MR) is 39.5 cm³/mol. The largest absolute Gasteiger partial charge is 0.381 e. The van der Waals surface area contributed by atoms with Gasteiger partial charge in [0, 0.05) is 13.2 Å². The van der Waals surface area contributed by atoms with E-state index in [-0.39, 0.29) is 0 Å². The van der Waals surface area contributed by atoms with Crippen LogP contribution in [0.5, 0.6) is 0 Å². The van der Waals surface area contributed by atoms with Crippen molar-refractivity contribution in [2.75, 3.05) is 26.4 Å². The molecule has 11 heavy (non-hydrogen) atoms. The average Bonchev–Trinajstić information content (AvgIpc) is 2.83. The summed E-state index contributed by atoms with van der Waals surface area (Å²) in [7, 11) is 0. The summed E-state index contributed by atoms with van der Waals surface area (Å²) < 4.78 is 15.5. The maximum absolute atomic E-state index is 5.38. The highest BCUT2D eigenvalue weighted by atomic mass is 16.6. The summed E-state index contributed by atoms with van der Waals surface area (Å²) in [6.45, 7) is 3.57. The van der Waals surface area contributed by atoms with Gasteiger partial charge < -0.3 is 14.2 Å². The van der Waals surface area contributed by atoms with Crippen molar-refractivity contribution in [3.05, 3.63) is 0 Å². The van der Waals surface area contributed by atoms with Gasteiger partial charge >= 0.3 is 0 Å². The SMILES string of the molecule is C(CC1CO1)OCCC1CO1. The third-order valence-electron chi connectivity index (χ3n) is 1.97. The molecule has 0 bridgehead atoms. The Bertz CT molecular complexity index is 105. The Hall–Kier alpha value is -0.120. The fourth-order valence-corrected chi connectivity index (χ4v) is 1.00. The number of hydrogen-bond donors (Lipinski definition) is 0. The van der Waals surface area contributed by atoms with Crippen LogP contribution >= 0.6 is 0 Å². The highest BCUT2D eigenvalue weighted by Crippen LogP contribution is 2.15. The van der Waals surface area contributed by atoms with Crippen molar-refractivity contribution in [1.82, 2.24) is 0 Å². The zero-order valence-corrected chi connectivity index (χ0v) is 6.62. The van der Waals surface area contributed by atoms with Crippen LogP contribution in [0.15, 0.2) is 0 Å². The van der Waals surface area contributed by atoms with Crippen molar-refractivity contribution >= 4 is 0 Å². The Kier molecular flexibility index (Phi) is 2.41. The van der Waals surface area contributed by atoms with Crippen LogP contribution in [0.3, 0.4) is 0 Å². The van der Waals surface area contributed by atoms with E-state index in [9.17, 15) is 0 Å². The van der Waals surface area contributed by atoms with E-state index in [0.717, 1.165) is 39.3 Å². The minimum atomic E-state index is 0.507. The van der Waals surface area contributed by atoms with Crippen LogP contribution in [0.1, 0.15) is 12.8 Å². The first-order chi connectivity index (χ1) is 5.45. The Balaban J connectivity index is 1.35. The van der Waals surface area contributed by atoms with Gasteiger partial charge in [0.1, 0.15) is 0 Å². The molecule has 2 unspecified atom stereocenters.